The van der Waals surface area contributed by atoms with Gasteiger partial charge in [-0.1, -0.05) is 11.6 Å². The Labute approximate surface area is 80.3 Å². The average Bonchev–Trinajstić information content (AvgIpc) is 2.09. The molecule has 0 fully saturated rings. The summed E-state index contributed by atoms with van der Waals surface area (Å²) in [7, 11) is 0. The number of carbonyl (C=O) groups is 1. The summed E-state index contributed by atoms with van der Waals surface area (Å²) < 4.78 is 0. The molecule has 1 aromatic rings. The zero-order valence-electron chi connectivity index (χ0n) is 6.29. The van der Waals surface area contributed by atoms with E-state index in [2.05, 4.69) is 5.32 Å². The second kappa shape index (κ2) is 5.06. The minimum absolute atomic E-state index is 0.588. The number of rotatable bonds is 4. The Balaban J connectivity index is 2.42. The fraction of sp³-hybridized carbons (Fsp3) is 0.125. The smallest absolute Gasteiger partial charge is 0.207 e. The van der Waals surface area contributed by atoms with Gasteiger partial charge in [0.15, 0.2) is 0 Å². The minimum atomic E-state index is 0.588. The Bertz CT molecular complexity index is 250. The van der Waals surface area contributed by atoms with Crippen molar-refractivity contribution in [2.45, 2.75) is 4.90 Å². The molecule has 0 spiro atoms. The molecule has 0 aliphatic rings. The fourth-order valence-electron chi connectivity index (χ4n) is 0.690. The largest absolute Gasteiger partial charge is 0.349 e. The number of carbonyl (C=O) groups excluding carboxylic acids is 1. The molecule has 4 heteroatoms. The van der Waals surface area contributed by atoms with Gasteiger partial charge in [-0.15, -0.1) is 11.8 Å². The van der Waals surface area contributed by atoms with Gasteiger partial charge in [0.1, 0.15) is 0 Å². The van der Waals surface area contributed by atoms with Gasteiger partial charge in [0.05, 0.1) is 5.88 Å². The summed E-state index contributed by atoms with van der Waals surface area (Å²) >= 11 is 7.24. The van der Waals surface area contributed by atoms with E-state index < -0.39 is 0 Å². The molecule has 0 aromatic heterocycles. The first-order chi connectivity index (χ1) is 5.83. The maximum absolute atomic E-state index is 9.90. The predicted octanol–water partition coefficient (Wildman–Crippen LogP) is 2.14. The zero-order valence-corrected chi connectivity index (χ0v) is 7.86. The summed E-state index contributed by atoms with van der Waals surface area (Å²) in [6.07, 6.45) is 0.683. The van der Waals surface area contributed by atoms with Gasteiger partial charge in [-0.3, -0.25) is 4.79 Å². The highest BCUT2D eigenvalue weighted by Gasteiger charge is 1.91. The van der Waals surface area contributed by atoms with Gasteiger partial charge in [0.2, 0.25) is 6.41 Å². The lowest BCUT2D eigenvalue weighted by atomic mass is 10.4. The number of hydrogen-bond donors (Lipinski definition) is 1. The third-order valence-corrected chi connectivity index (χ3v) is 2.39. The van der Waals surface area contributed by atoms with E-state index in [4.69, 9.17) is 11.6 Å². The Morgan fingerprint density at radius 1 is 1.42 bits per heavy atom. The van der Waals surface area contributed by atoms with Crippen LogP contribution in [0.25, 0.3) is 0 Å². The first-order valence-electron chi connectivity index (χ1n) is 3.38. The maximum Gasteiger partial charge on any atom is 0.207 e. The predicted molar refractivity (Wildman–Crippen MR) is 51.4 cm³/mol. The molecule has 64 valence electrons. The Morgan fingerprint density at radius 3 is 2.67 bits per heavy atom. The highest BCUT2D eigenvalue weighted by molar-refractivity contribution is 7.99. The lowest BCUT2D eigenvalue weighted by molar-refractivity contribution is -0.109. The van der Waals surface area contributed by atoms with E-state index in [-0.39, 0.29) is 0 Å². The standard InChI is InChI=1S/C8H8ClNOS/c9-7-1-3-8(4-2-7)12-6-10-5-11/h1-5H,6H2,(H,10,11). The van der Waals surface area contributed by atoms with Gasteiger partial charge in [0.25, 0.3) is 0 Å². The molecule has 2 nitrogen and oxygen atoms in total. The molecular formula is C8H8ClNOS. The number of thioether (sulfide) groups is 1. The normalized spacial score (nSPS) is 9.42. The molecule has 1 rings (SSSR count). The van der Waals surface area contributed by atoms with Crippen molar-refractivity contribution in [3.8, 4) is 0 Å². The zero-order chi connectivity index (χ0) is 8.81. The molecule has 1 aromatic carbocycles. The van der Waals surface area contributed by atoms with Crippen LogP contribution in [-0.4, -0.2) is 12.3 Å². The highest BCUT2D eigenvalue weighted by atomic mass is 35.5. The van der Waals surface area contributed by atoms with E-state index in [1.165, 1.54) is 0 Å². The molecule has 0 unspecified atom stereocenters. The molecule has 0 saturated carbocycles. The van der Waals surface area contributed by atoms with Gasteiger partial charge < -0.3 is 5.32 Å². The van der Waals surface area contributed by atoms with E-state index in [0.29, 0.717) is 12.3 Å². The first-order valence-corrected chi connectivity index (χ1v) is 4.74. The van der Waals surface area contributed by atoms with Gasteiger partial charge in [0, 0.05) is 9.92 Å². The molecular weight excluding hydrogens is 194 g/mol. The van der Waals surface area contributed by atoms with Crippen LogP contribution >= 0.6 is 23.4 Å². The first kappa shape index (κ1) is 9.42. The van der Waals surface area contributed by atoms with Crippen LogP contribution in [0.4, 0.5) is 0 Å². The molecule has 0 atom stereocenters. The molecule has 0 radical (unpaired) electrons. The summed E-state index contributed by atoms with van der Waals surface area (Å²) in [6, 6.07) is 7.48. The van der Waals surface area contributed by atoms with Gasteiger partial charge in [-0.2, -0.15) is 0 Å². The second-order valence-electron chi connectivity index (χ2n) is 2.06. The monoisotopic (exact) mass is 201 g/mol. The topological polar surface area (TPSA) is 29.1 Å². The summed E-state index contributed by atoms with van der Waals surface area (Å²) in [5.41, 5.74) is 0. The van der Waals surface area contributed by atoms with E-state index in [0.717, 1.165) is 9.92 Å². The van der Waals surface area contributed by atoms with Crippen molar-refractivity contribution in [2.24, 2.45) is 0 Å². The second-order valence-corrected chi connectivity index (χ2v) is 3.55. The molecule has 1 amide bonds. The molecule has 0 bridgehead atoms. The van der Waals surface area contributed by atoms with Crippen LogP contribution in [0.2, 0.25) is 5.02 Å². The van der Waals surface area contributed by atoms with Crippen LogP contribution in [0.1, 0.15) is 0 Å². The number of halogens is 1. The summed E-state index contributed by atoms with van der Waals surface area (Å²) in [5.74, 6) is 0.588. The third kappa shape index (κ3) is 3.15. The summed E-state index contributed by atoms with van der Waals surface area (Å²) in [4.78, 5) is 11.0. The van der Waals surface area contributed by atoms with Crippen LogP contribution in [0.3, 0.4) is 0 Å². The molecule has 1 N–H and O–H groups in total. The SMILES string of the molecule is O=CNCSc1ccc(Cl)cc1. The number of amides is 1. The molecule has 0 aliphatic heterocycles. The van der Waals surface area contributed by atoms with Crippen LogP contribution in [-0.2, 0) is 4.79 Å². The van der Waals surface area contributed by atoms with E-state index in [9.17, 15) is 4.79 Å². The maximum atomic E-state index is 9.90. The average molecular weight is 202 g/mol. The molecule has 0 aliphatic carbocycles. The minimum Gasteiger partial charge on any atom is -0.349 e. The van der Waals surface area contributed by atoms with Crippen molar-refractivity contribution in [1.82, 2.24) is 5.32 Å². The Hall–Kier alpha value is -0.670. The van der Waals surface area contributed by atoms with Crippen LogP contribution in [0.5, 0.6) is 0 Å². The summed E-state index contributed by atoms with van der Waals surface area (Å²) in [5, 5.41) is 3.29. The van der Waals surface area contributed by atoms with Crippen molar-refractivity contribution in [3.63, 3.8) is 0 Å². The van der Waals surface area contributed by atoms with Crippen molar-refractivity contribution in [1.29, 1.82) is 0 Å². The van der Waals surface area contributed by atoms with Crippen molar-refractivity contribution in [2.75, 3.05) is 5.88 Å². The quantitative estimate of drug-likeness (QED) is 0.350. The van der Waals surface area contributed by atoms with Crippen molar-refractivity contribution < 1.29 is 4.79 Å². The number of benzene rings is 1. The Morgan fingerprint density at radius 2 is 2.08 bits per heavy atom. The van der Waals surface area contributed by atoms with Gasteiger partial charge >= 0.3 is 0 Å². The third-order valence-electron chi connectivity index (χ3n) is 1.22. The van der Waals surface area contributed by atoms with Crippen LogP contribution < -0.4 is 5.32 Å². The Kier molecular flexibility index (Phi) is 3.97. The number of hydrogen-bond acceptors (Lipinski definition) is 2. The van der Waals surface area contributed by atoms with Crippen molar-refractivity contribution in [3.05, 3.63) is 29.3 Å². The fourth-order valence-corrected chi connectivity index (χ4v) is 1.46. The highest BCUT2D eigenvalue weighted by Crippen LogP contribution is 2.18. The number of nitrogens with one attached hydrogen (secondary N) is 1. The van der Waals surface area contributed by atoms with Crippen molar-refractivity contribution >= 4 is 29.8 Å². The van der Waals surface area contributed by atoms with Gasteiger partial charge in [-0.05, 0) is 24.3 Å². The van der Waals surface area contributed by atoms with E-state index in [1.54, 1.807) is 11.8 Å². The molecule has 0 heterocycles. The van der Waals surface area contributed by atoms with Crippen LogP contribution in [0, 0.1) is 0 Å². The van der Waals surface area contributed by atoms with Crippen LogP contribution in [0.15, 0.2) is 29.2 Å². The van der Waals surface area contributed by atoms with E-state index in [1.807, 2.05) is 24.3 Å². The lowest BCUT2D eigenvalue weighted by Crippen LogP contribution is -2.08. The summed E-state index contributed by atoms with van der Waals surface area (Å²) in [6.45, 7) is 0. The lowest BCUT2D eigenvalue weighted by Gasteiger charge is -1.99. The van der Waals surface area contributed by atoms with Gasteiger partial charge in [-0.25, -0.2) is 0 Å². The molecule has 12 heavy (non-hydrogen) atoms. The molecule has 0 saturated heterocycles. The van der Waals surface area contributed by atoms with E-state index >= 15 is 0 Å².